The molecule has 38 heavy (non-hydrogen) atoms. The molecule has 0 aliphatic carbocycles. The van der Waals surface area contributed by atoms with E-state index in [1.165, 1.54) is 30.2 Å². The van der Waals surface area contributed by atoms with Gasteiger partial charge in [0.15, 0.2) is 0 Å². The molecule has 5 N–H and O–H groups in total. The Kier molecular flexibility index (Phi) is 9.36. The first-order valence-electron chi connectivity index (χ1n) is 13.0. The van der Waals surface area contributed by atoms with Crippen LogP contribution in [0.1, 0.15) is 35.7 Å². The van der Waals surface area contributed by atoms with Gasteiger partial charge in [0, 0.05) is 42.3 Å². The first kappa shape index (κ1) is 27.6. The first-order chi connectivity index (χ1) is 18.4. The lowest BCUT2D eigenvalue weighted by Gasteiger charge is -2.34. The fourth-order valence-electron chi connectivity index (χ4n) is 4.94. The summed E-state index contributed by atoms with van der Waals surface area (Å²) in [7, 11) is 1.47. The second-order valence-corrected chi connectivity index (χ2v) is 10.1. The van der Waals surface area contributed by atoms with Gasteiger partial charge in [0.1, 0.15) is 11.3 Å². The van der Waals surface area contributed by atoms with Crippen LogP contribution in [0.25, 0.3) is 10.9 Å². The van der Waals surface area contributed by atoms with Crippen molar-refractivity contribution in [2.75, 3.05) is 45.6 Å². The highest BCUT2D eigenvalue weighted by Gasteiger charge is 2.25. The van der Waals surface area contributed by atoms with Crippen molar-refractivity contribution in [3.63, 3.8) is 0 Å². The predicted octanol–water partition coefficient (Wildman–Crippen LogP) is 4.21. The minimum atomic E-state index is -0.476. The highest BCUT2D eigenvalue weighted by Crippen LogP contribution is 2.30. The summed E-state index contributed by atoms with van der Waals surface area (Å²) in [5.74, 6) is 0.123. The first-order valence-corrected chi connectivity index (χ1v) is 13.4. The number of nitrogens with one attached hydrogen (secondary N) is 3. The van der Waals surface area contributed by atoms with Crippen LogP contribution in [0.5, 0.6) is 5.75 Å². The molecule has 1 aromatic heterocycles. The quantitative estimate of drug-likeness (QED) is 0.225. The number of hydrogen-bond donors (Lipinski definition) is 4. The topological polar surface area (TPSA) is 122 Å². The van der Waals surface area contributed by atoms with Gasteiger partial charge in [-0.15, -0.1) is 0 Å². The van der Waals surface area contributed by atoms with Crippen LogP contribution >= 0.6 is 11.6 Å². The maximum absolute atomic E-state index is 12.7. The number of halogens is 1. The Morgan fingerprint density at radius 1 is 1.24 bits per heavy atom. The van der Waals surface area contributed by atoms with Crippen molar-refractivity contribution >= 4 is 40.2 Å². The number of hydrogen-bond acceptors (Lipinski definition) is 6. The smallest absolute Gasteiger partial charge is 0.341 e. The third-order valence-corrected chi connectivity index (χ3v) is 7.32. The molecule has 1 saturated heterocycles. The molecule has 204 valence electrons. The number of aromatic nitrogens is 1. The predicted molar refractivity (Wildman–Crippen MR) is 150 cm³/mol. The number of nitrogens with two attached hydrogens (primary N) is 1. The van der Waals surface area contributed by atoms with E-state index < -0.39 is 5.97 Å². The van der Waals surface area contributed by atoms with Crippen LogP contribution in [0, 0.1) is 5.92 Å². The summed E-state index contributed by atoms with van der Waals surface area (Å²) in [5.41, 5.74) is 8.69. The van der Waals surface area contributed by atoms with Gasteiger partial charge in [0.2, 0.25) is 0 Å². The number of urea groups is 1. The van der Waals surface area contributed by atoms with Gasteiger partial charge < -0.3 is 35.7 Å². The highest BCUT2D eigenvalue weighted by atomic mass is 35.5. The summed E-state index contributed by atoms with van der Waals surface area (Å²) in [6.07, 6.45) is 4.55. The van der Waals surface area contributed by atoms with E-state index >= 15 is 0 Å². The SMILES string of the molecule is CCNC(=O)N[C@@H](Cc1c[nH]c2ccccc12)CN1CCC(COC(=O)c2cc(Cl)c(N)cc2OC)CC1. The molecule has 10 heteroatoms. The molecular formula is C28H36ClN5O4. The summed E-state index contributed by atoms with van der Waals surface area (Å²) in [5, 5.41) is 7.46. The molecule has 3 aromatic rings. The van der Waals surface area contributed by atoms with E-state index in [0.717, 1.165) is 44.4 Å². The van der Waals surface area contributed by atoms with Crippen molar-refractivity contribution in [2.45, 2.75) is 32.2 Å². The fourth-order valence-corrected chi connectivity index (χ4v) is 5.10. The average Bonchev–Trinajstić information content (AvgIpc) is 3.32. The number of esters is 1. The molecule has 1 fully saturated rings. The standard InChI is InChI=1S/C28H36ClN5O4/c1-3-31-28(36)33-20(12-19-15-32-25-7-5-4-6-21(19)25)16-34-10-8-18(9-11-34)17-38-27(35)22-13-23(29)24(30)14-26(22)37-2/h4-7,13-15,18,20,32H,3,8-12,16-17,30H2,1-2H3,(H2,31,33,36)/t20-/m0/s1. The Morgan fingerprint density at radius 3 is 2.74 bits per heavy atom. The van der Waals surface area contributed by atoms with Crippen LogP contribution in [-0.4, -0.2) is 67.8 Å². The molecule has 9 nitrogen and oxygen atoms in total. The van der Waals surface area contributed by atoms with Crippen LogP contribution in [0.3, 0.4) is 0 Å². The highest BCUT2D eigenvalue weighted by molar-refractivity contribution is 6.33. The van der Waals surface area contributed by atoms with Gasteiger partial charge in [0.05, 0.1) is 24.4 Å². The molecule has 2 aromatic carbocycles. The lowest BCUT2D eigenvalue weighted by Crippen LogP contribution is -2.50. The zero-order valence-corrected chi connectivity index (χ0v) is 22.6. The minimum absolute atomic E-state index is 0.0436. The van der Waals surface area contributed by atoms with Crippen molar-refractivity contribution in [2.24, 2.45) is 5.92 Å². The van der Waals surface area contributed by atoms with E-state index in [0.29, 0.717) is 24.6 Å². The van der Waals surface area contributed by atoms with Gasteiger partial charge in [-0.2, -0.15) is 0 Å². The maximum Gasteiger partial charge on any atom is 0.341 e. The molecular weight excluding hydrogens is 506 g/mol. The lowest BCUT2D eigenvalue weighted by atomic mass is 9.96. The lowest BCUT2D eigenvalue weighted by molar-refractivity contribution is 0.0365. The van der Waals surface area contributed by atoms with Crippen molar-refractivity contribution in [3.05, 3.63) is 58.7 Å². The van der Waals surface area contributed by atoms with E-state index in [9.17, 15) is 9.59 Å². The number of H-pyrrole nitrogens is 1. The van der Waals surface area contributed by atoms with Crippen molar-refractivity contribution < 1.29 is 19.1 Å². The van der Waals surface area contributed by atoms with Gasteiger partial charge in [-0.25, -0.2) is 9.59 Å². The maximum atomic E-state index is 12.7. The number of methoxy groups -OCH3 is 1. The third-order valence-electron chi connectivity index (χ3n) is 6.99. The second kappa shape index (κ2) is 12.9. The molecule has 2 heterocycles. The number of benzene rings is 2. The number of carbonyl (C=O) groups excluding carboxylic acids is 2. The monoisotopic (exact) mass is 541 g/mol. The number of amides is 2. The minimum Gasteiger partial charge on any atom is -0.496 e. The summed E-state index contributed by atoms with van der Waals surface area (Å²) in [6, 6.07) is 11.0. The van der Waals surface area contributed by atoms with E-state index in [2.05, 4.69) is 32.7 Å². The van der Waals surface area contributed by atoms with E-state index in [1.807, 2.05) is 25.3 Å². The molecule has 0 radical (unpaired) electrons. The van der Waals surface area contributed by atoms with Crippen molar-refractivity contribution in [3.8, 4) is 5.75 Å². The molecule has 4 rings (SSSR count). The molecule has 1 aliphatic rings. The van der Waals surface area contributed by atoms with Crippen LogP contribution in [-0.2, 0) is 11.2 Å². The van der Waals surface area contributed by atoms with Crippen LogP contribution in [0.2, 0.25) is 5.02 Å². The number of fused-ring (bicyclic) bond motifs is 1. The number of likely N-dealkylation sites (tertiary alicyclic amines) is 1. The van der Waals surface area contributed by atoms with E-state index in [4.69, 9.17) is 26.8 Å². The summed E-state index contributed by atoms with van der Waals surface area (Å²) in [6.45, 7) is 5.27. The fraction of sp³-hybridized carbons (Fsp3) is 0.429. The zero-order valence-electron chi connectivity index (χ0n) is 21.9. The number of nitrogens with zero attached hydrogens (tertiary/aromatic N) is 1. The average molecular weight is 542 g/mol. The molecule has 0 bridgehead atoms. The largest absolute Gasteiger partial charge is 0.496 e. The molecule has 0 saturated carbocycles. The number of para-hydroxylation sites is 1. The summed E-state index contributed by atoms with van der Waals surface area (Å²) in [4.78, 5) is 30.7. The van der Waals surface area contributed by atoms with E-state index in [1.54, 1.807) is 0 Å². The van der Waals surface area contributed by atoms with Crippen molar-refractivity contribution in [1.82, 2.24) is 20.5 Å². The molecule has 2 amide bonds. The Balaban J connectivity index is 1.31. The van der Waals surface area contributed by atoms with Crippen LogP contribution in [0.15, 0.2) is 42.6 Å². The number of ether oxygens (including phenoxy) is 2. The Morgan fingerprint density at radius 2 is 2.00 bits per heavy atom. The number of aromatic amines is 1. The van der Waals surface area contributed by atoms with E-state index in [-0.39, 0.29) is 28.6 Å². The second-order valence-electron chi connectivity index (χ2n) is 9.68. The Hall–Kier alpha value is -3.43. The number of anilines is 1. The van der Waals surface area contributed by atoms with Gasteiger partial charge in [-0.05, 0) is 62.9 Å². The van der Waals surface area contributed by atoms with Crippen LogP contribution in [0.4, 0.5) is 10.5 Å². The number of carbonyl (C=O) groups is 2. The Labute approximate surface area is 228 Å². The summed E-state index contributed by atoms with van der Waals surface area (Å²) < 4.78 is 10.9. The van der Waals surface area contributed by atoms with Gasteiger partial charge in [0.25, 0.3) is 0 Å². The van der Waals surface area contributed by atoms with Gasteiger partial charge in [-0.3, -0.25) is 0 Å². The Bertz CT molecular complexity index is 1260. The number of piperidine rings is 1. The number of nitrogen functional groups attached to an aromatic ring is 1. The zero-order chi connectivity index (χ0) is 27.1. The summed E-state index contributed by atoms with van der Waals surface area (Å²) >= 11 is 6.09. The van der Waals surface area contributed by atoms with Gasteiger partial charge >= 0.3 is 12.0 Å². The molecule has 0 spiro atoms. The molecule has 1 aliphatic heterocycles. The molecule has 0 unspecified atom stereocenters. The van der Waals surface area contributed by atoms with Crippen LogP contribution < -0.4 is 21.1 Å². The van der Waals surface area contributed by atoms with Crippen molar-refractivity contribution in [1.29, 1.82) is 0 Å². The number of rotatable bonds is 10. The molecule has 1 atom stereocenters. The third kappa shape index (κ3) is 6.90. The van der Waals surface area contributed by atoms with Gasteiger partial charge in [-0.1, -0.05) is 29.8 Å². The normalized spacial score (nSPS) is 15.2.